The van der Waals surface area contributed by atoms with Gasteiger partial charge in [0.1, 0.15) is 5.82 Å². The number of benzene rings is 1. The molecule has 6 nitrogen and oxygen atoms in total. The van der Waals surface area contributed by atoms with E-state index in [4.69, 9.17) is 0 Å². The molecule has 0 amide bonds. The lowest BCUT2D eigenvalue weighted by atomic mass is 10.0. The normalized spacial score (nSPS) is 21.1. The second kappa shape index (κ2) is 7.72. The van der Waals surface area contributed by atoms with Crippen molar-refractivity contribution in [1.82, 2.24) is 19.1 Å². The first kappa shape index (κ1) is 18.6. The van der Waals surface area contributed by atoms with Crippen LogP contribution in [0.4, 0.5) is 0 Å². The zero-order chi connectivity index (χ0) is 18.9. The number of hydrogen-bond acceptors (Lipinski definition) is 4. The first-order valence-electron chi connectivity index (χ1n) is 10.1. The van der Waals surface area contributed by atoms with E-state index in [-0.39, 0.29) is 6.04 Å². The minimum absolute atomic E-state index is 0.210. The summed E-state index contributed by atoms with van der Waals surface area (Å²) < 4.78 is 30.6. The predicted octanol–water partition coefficient (Wildman–Crippen LogP) is 3.48. The molecule has 3 heterocycles. The predicted molar refractivity (Wildman–Crippen MR) is 104 cm³/mol. The molecular weight excluding hydrogens is 360 g/mol. The zero-order valence-corrected chi connectivity index (χ0v) is 16.8. The summed E-state index contributed by atoms with van der Waals surface area (Å²) in [4.78, 5) is 0.382. The third kappa shape index (κ3) is 3.55. The minimum Gasteiger partial charge on any atom is -0.314 e. The number of rotatable bonds is 5. The van der Waals surface area contributed by atoms with Crippen molar-refractivity contribution in [3.8, 4) is 0 Å². The van der Waals surface area contributed by atoms with Crippen LogP contribution in [0.25, 0.3) is 0 Å². The summed E-state index contributed by atoms with van der Waals surface area (Å²) in [7, 11) is -3.54. The van der Waals surface area contributed by atoms with Crippen LogP contribution in [0.2, 0.25) is 0 Å². The maximum absolute atomic E-state index is 13.4. The third-order valence-electron chi connectivity index (χ3n) is 5.71. The average Bonchev–Trinajstić information content (AvgIpc) is 3.13. The molecule has 0 saturated carbocycles. The van der Waals surface area contributed by atoms with Gasteiger partial charge in [-0.2, -0.15) is 4.31 Å². The van der Waals surface area contributed by atoms with Crippen LogP contribution in [0.1, 0.15) is 68.7 Å². The second-order valence-electron chi connectivity index (χ2n) is 7.60. The van der Waals surface area contributed by atoms with Crippen LogP contribution in [-0.4, -0.2) is 34.0 Å². The monoisotopic (exact) mass is 388 g/mol. The van der Waals surface area contributed by atoms with Crippen molar-refractivity contribution in [3.05, 3.63) is 41.5 Å². The molecular formula is C20H28N4O2S. The van der Waals surface area contributed by atoms with Gasteiger partial charge in [0.15, 0.2) is 5.82 Å². The molecule has 27 heavy (non-hydrogen) atoms. The Balaban J connectivity index is 1.66. The van der Waals surface area contributed by atoms with Crippen LogP contribution in [0, 0.1) is 0 Å². The molecule has 1 atom stereocenters. The fourth-order valence-electron chi connectivity index (χ4n) is 4.28. The second-order valence-corrected chi connectivity index (χ2v) is 9.50. The molecule has 1 fully saturated rings. The van der Waals surface area contributed by atoms with Crippen LogP contribution < -0.4 is 0 Å². The van der Waals surface area contributed by atoms with Crippen LogP contribution in [-0.2, 0) is 29.4 Å². The highest BCUT2D eigenvalue weighted by Crippen LogP contribution is 2.35. The molecule has 146 valence electrons. The Hall–Kier alpha value is -1.73. The summed E-state index contributed by atoms with van der Waals surface area (Å²) >= 11 is 0. The molecule has 0 aliphatic carbocycles. The number of piperidine rings is 1. The van der Waals surface area contributed by atoms with E-state index in [0.717, 1.165) is 69.6 Å². The van der Waals surface area contributed by atoms with Gasteiger partial charge in [0.2, 0.25) is 10.0 Å². The van der Waals surface area contributed by atoms with Gasteiger partial charge in [-0.15, -0.1) is 10.2 Å². The van der Waals surface area contributed by atoms with Crippen molar-refractivity contribution >= 4 is 10.0 Å². The fraction of sp³-hybridized carbons (Fsp3) is 0.600. The molecule has 2 aliphatic heterocycles. The number of nitrogens with zero attached hydrogens (tertiary/aromatic N) is 4. The quantitative estimate of drug-likeness (QED) is 0.786. The summed E-state index contributed by atoms with van der Waals surface area (Å²) in [6, 6.07) is 7.18. The van der Waals surface area contributed by atoms with E-state index in [0.29, 0.717) is 11.4 Å². The summed E-state index contributed by atoms with van der Waals surface area (Å²) in [5.41, 5.74) is 1.18. The van der Waals surface area contributed by atoms with Crippen LogP contribution in [0.3, 0.4) is 0 Å². The summed E-state index contributed by atoms with van der Waals surface area (Å²) in [5, 5.41) is 8.77. The first-order valence-corrected chi connectivity index (χ1v) is 11.6. The molecule has 0 radical (unpaired) electrons. The van der Waals surface area contributed by atoms with Gasteiger partial charge in [0.25, 0.3) is 0 Å². The highest BCUT2D eigenvalue weighted by Gasteiger charge is 2.37. The van der Waals surface area contributed by atoms with Crippen LogP contribution >= 0.6 is 0 Å². The van der Waals surface area contributed by atoms with Gasteiger partial charge in [-0.25, -0.2) is 8.42 Å². The van der Waals surface area contributed by atoms with Crippen molar-refractivity contribution in [3.63, 3.8) is 0 Å². The number of aromatic nitrogens is 3. The van der Waals surface area contributed by atoms with E-state index < -0.39 is 10.0 Å². The summed E-state index contributed by atoms with van der Waals surface area (Å²) in [6.07, 6.45) is 7.93. The van der Waals surface area contributed by atoms with Crippen molar-refractivity contribution in [2.24, 2.45) is 0 Å². The summed E-state index contributed by atoms with van der Waals surface area (Å²) in [5.74, 6) is 1.83. The Morgan fingerprint density at radius 3 is 2.59 bits per heavy atom. The highest BCUT2D eigenvalue weighted by molar-refractivity contribution is 7.89. The molecule has 0 N–H and O–H groups in total. The fourth-order valence-corrected chi connectivity index (χ4v) is 5.94. The van der Waals surface area contributed by atoms with Crippen molar-refractivity contribution in [2.45, 2.75) is 75.8 Å². The molecule has 1 unspecified atom stereocenters. The third-order valence-corrected chi connectivity index (χ3v) is 7.63. The molecule has 4 rings (SSSR count). The van der Waals surface area contributed by atoms with E-state index in [1.165, 1.54) is 5.56 Å². The van der Waals surface area contributed by atoms with E-state index in [1.54, 1.807) is 16.4 Å². The number of fused-ring (bicyclic) bond motifs is 1. The maximum atomic E-state index is 13.4. The van der Waals surface area contributed by atoms with Gasteiger partial charge in [-0.1, -0.05) is 31.9 Å². The van der Waals surface area contributed by atoms with Gasteiger partial charge in [0.05, 0.1) is 10.9 Å². The molecule has 1 aromatic carbocycles. The molecule has 2 aliphatic rings. The van der Waals surface area contributed by atoms with E-state index >= 15 is 0 Å². The Bertz CT molecular complexity index is 889. The average molecular weight is 389 g/mol. The van der Waals surface area contributed by atoms with Crippen molar-refractivity contribution in [1.29, 1.82) is 0 Å². The van der Waals surface area contributed by atoms with E-state index in [1.807, 2.05) is 12.1 Å². The molecule has 7 heteroatoms. The lowest BCUT2D eigenvalue weighted by molar-refractivity contribution is 0.239. The van der Waals surface area contributed by atoms with Crippen LogP contribution in [0.5, 0.6) is 0 Å². The number of hydrogen-bond donors (Lipinski definition) is 0. The largest absolute Gasteiger partial charge is 0.314 e. The van der Waals surface area contributed by atoms with Crippen LogP contribution in [0.15, 0.2) is 29.2 Å². The smallest absolute Gasteiger partial charge is 0.243 e. The minimum atomic E-state index is -3.54. The van der Waals surface area contributed by atoms with Gasteiger partial charge in [-0.05, 0) is 49.8 Å². The van der Waals surface area contributed by atoms with E-state index in [2.05, 4.69) is 21.7 Å². The Kier molecular flexibility index (Phi) is 5.32. The number of sulfonamides is 1. The lowest BCUT2D eigenvalue weighted by Gasteiger charge is -2.34. The zero-order valence-electron chi connectivity index (χ0n) is 16.0. The standard InChI is InChI=1S/C20H28N4O2S/c1-2-7-16-10-12-17(13-11-16)27(25,26)24-15-6-3-8-18(24)20-22-21-19-9-4-5-14-23(19)20/h10-13,18H,2-9,14-15H2,1H3. The van der Waals surface area contributed by atoms with E-state index in [9.17, 15) is 8.42 Å². The highest BCUT2D eigenvalue weighted by atomic mass is 32.2. The van der Waals surface area contributed by atoms with Gasteiger partial charge in [-0.3, -0.25) is 0 Å². The van der Waals surface area contributed by atoms with Crippen molar-refractivity contribution in [2.75, 3.05) is 6.54 Å². The van der Waals surface area contributed by atoms with Crippen molar-refractivity contribution < 1.29 is 8.42 Å². The first-order chi connectivity index (χ1) is 13.1. The molecule has 0 spiro atoms. The lowest BCUT2D eigenvalue weighted by Crippen LogP contribution is -2.40. The maximum Gasteiger partial charge on any atom is 0.243 e. The SMILES string of the molecule is CCCc1ccc(S(=O)(=O)N2CCCCC2c2nnc3n2CCCC3)cc1. The molecule has 0 bridgehead atoms. The molecule has 1 aromatic heterocycles. The Labute approximate surface area is 161 Å². The molecule has 2 aromatic rings. The Morgan fingerprint density at radius 1 is 1.04 bits per heavy atom. The summed E-state index contributed by atoms with van der Waals surface area (Å²) in [6.45, 7) is 3.57. The van der Waals surface area contributed by atoms with Gasteiger partial charge < -0.3 is 4.57 Å². The van der Waals surface area contributed by atoms with Gasteiger partial charge in [0, 0.05) is 19.5 Å². The topological polar surface area (TPSA) is 68.1 Å². The number of aryl methyl sites for hydroxylation is 2. The Morgan fingerprint density at radius 2 is 1.81 bits per heavy atom. The van der Waals surface area contributed by atoms with Gasteiger partial charge >= 0.3 is 0 Å². The molecule has 1 saturated heterocycles.